The summed E-state index contributed by atoms with van der Waals surface area (Å²) < 4.78 is 28.6. The number of Topliss-reactive ketones (excluding diaryl/α,β-unsaturated/α-hetero) is 1. The summed E-state index contributed by atoms with van der Waals surface area (Å²) in [6.45, 7) is 5.58. The first-order chi connectivity index (χ1) is 15.8. The molecular formula is C22H22Cl2F2N6O. The molecular weight excluding hydrogens is 473 g/mol. The number of hydrogen-bond acceptors (Lipinski definition) is 6. The van der Waals surface area contributed by atoms with Crippen LogP contribution in [0.25, 0.3) is 0 Å². The van der Waals surface area contributed by atoms with E-state index in [1.807, 2.05) is 12.1 Å². The molecule has 3 aromatic rings. The Kier molecular flexibility index (Phi) is 7.21. The third-order valence-electron chi connectivity index (χ3n) is 5.78. The smallest absolute Gasteiger partial charge is 0.190 e. The third-order valence-corrected chi connectivity index (χ3v) is 6.32. The van der Waals surface area contributed by atoms with Crippen LogP contribution < -0.4 is 4.90 Å². The highest BCUT2D eigenvalue weighted by Gasteiger charge is 2.25. The molecule has 33 heavy (non-hydrogen) atoms. The van der Waals surface area contributed by atoms with Crippen molar-refractivity contribution in [1.82, 2.24) is 25.1 Å². The average molecular weight is 495 g/mol. The van der Waals surface area contributed by atoms with E-state index in [4.69, 9.17) is 23.2 Å². The lowest BCUT2D eigenvalue weighted by Gasteiger charge is -2.36. The Morgan fingerprint density at radius 2 is 1.85 bits per heavy atom. The molecule has 7 nitrogen and oxygen atoms in total. The standard InChI is InChI=1S/C22H22Cl2F2N6O/c1-14(22(33)17-4-3-16(25)13-19(17)26)32-21(27-28-29-32)6-7-30-8-10-31(11-9-30)20-5-2-15(23)12-18(20)24/h2-5,12-14H,6-11H2,1H3. The van der Waals surface area contributed by atoms with Gasteiger partial charge in [-0.3, -0.25) is 9.69 Å². The van der Waals surface area contributed by atoms with Crippen LogP contribution >= 0.6 is 23.2 Å². The SMILES string of the molecule is CC(C(=O)c1ccc(F)cc1F)n1nnnc1CCN1CCN(c2ccc(Cl)cc2Cl)CC1. The fraction of sp³-hybridized carbons (Fsp3) is 0.364. The minimum atomic E-state index is -0.903. The van der Waals surface area contributed by atoms with Gasteiger partial charge in [0.15, 0.2) is 11.6 Å². The Hall–Kier alpha value is -2.62. The van der Waals surface area contributed by atoms with Crippen LogP contribution in [0.3, 0.4) is 0 Å². The van der Waals surface area contributed by atoms with Crippen molar-refractivity contribution < 1.29 is 13.6 Å². The highest BCUT2D eigenvalue weighted by atomic mass is 35.5. The normalized spacial score (nSPS) is 15.6. The van der Waals surface area contributed by atoms with Crippen molar-refractivity contribution in [1.29, 1.82) is 0 Å². The summed E-state index contributed by atoms with van der Waals surface area (Å²) in [6, 6.07) is 7.56. The lowest BCUT2D eigenvalue weighted by molar-refractivity contribution is 0.0920. The lowest BCUT2D eigenvalue weighted by atomic mass is 10.0. The van der Waals surface area contributed by atoms with Gasteiger partial charge < -0.3 is 4.90 Å². The maximum Gasteiger partial charge on any atom is 0.190 e. The predicted molar refractivity (Wildman–Crippen MR) is 122 cm³/mol. The van der Waals surface area contributed by atoms with Crippen molar-refractivity contribution in [2.45, 2.75) is 19.4 Å². The van der Waals surface area contributed by atoms with Crippen LogP contribution in [0, 0.1) is 11.6 Å². The van der Waals surface area contributed by atoms with E-state index in [1.165, 1.54) is 4.68 Å². The molecule has 1 aliphatic rings. The molecule has 0 bridgehead atoms. The van der Waals surface area contributed by atoms with E-state index in [9.17, 15) is 13.6 Å². The van der Waals surface area contributed by atoms with E-state index >= 15 is 0 Å². The molecule has 0 amide bonds. The predicted octanol–water partition coefficient (Wildman–Crippen LogP) is 4.07. The van der Waals surface area contributed by atoms with E-state index in [-0.39, 0.29) is 5.56 Å². The van der Waals surface area contributed by atoms with Crippen molar-refractivity contribution in [2.24, 2.45) is 0 Å². The maximum atomic E-state index is 14.0. The Morgan fingerprint density at radius 1 is 1.09 bits per heavy atom. The molecule has 1 aliphatic heterocycles. The molecule has 1 saturated heterocycles. The van der Waals surface area contributed by atoms with E-state index in [0.29, 0.717) is 34.9 Å². The number of carbonyl (C=O) groups excluding carboxylic acids is 1. The number of aromatic nitrogens is 4. The molecule has 2 aromatic carbocycles. The largest absolute Gasteiger partial charge is 0.368 e. The summed E-state index contributed by atoms with van der Waals surface area (Å²) >= 11 is 12.3. The summed E-state index contributed by atoms with van der Waals surface area (Å²) in [5.41, 5.74) is 0.771. The highest BCUT2D eigenvalue weighted by Crippen LogP contribution is 2.29. The quantitative estimate of drug-likeness (QED) is 0.461. The summed E-state index contributed by atoms with van der Waals surface area (Å²) in [7, 11) is 0. The number of piperazine rings is 1. The molecule has 11 heteroatoms. The number of ketones is 1. The first-order valence-corrected chi connectivity index (χ1v) is 11.3. The second kappa shape index (κ2) is 10.1. The zero-order chi connectivity index (χ0) is 23.5. The van der Waals surface area contributed by atoms with E-state index < -0.39 is 23.5 Å². The number of rotatable bonds is 7. The second-order valence-corrected chi connectivity index (χ2v) is 8.72. The van der Waals surface area contributed by atoms with Gasteiger partial charge in [-0.2, -0.15) is 0 Å². The molecule has 0 radical (unpaired) electrons. The number of hydrogen-bond donors (Lipinski definition) is 0. The van der Waals surface area contributed by atoms with Gasteiger partial charge in [-0.1, -0.05) is 23.2 Å². The Morgan fingerprint density at radius 3 is 2.55 bits per heavy atom. The monoisotopic (exact) mass is 494 g/mol. The number of carbonyl (C=O) groups is 1. The number of benzene rings is 2. The van der Waals surface area contributed by atoms with Crippen LogP contribution in [0.15, 0.2) is 36.4 Å². The summed E-state index contributed by atoms with van der Waals surface area (Å²) in [6.07, 6.45) is 0.526. The van der Waals surface area contributed by atoms with Crippen LogP contribution in [0.1, 0.15) is 29.1 Å². The van der Waals surface area contributed by atoms with Gasteiger partial charge in [0.25, 0.3) is 0 Å². The Balaban J connectivity index is 1.35. The highest BCUT2D eigenvalue weighted by molar-refractivity contribution is 6.36. The van der Waals surface area contributed by atoms with E-state index in [0.717, 1.165) is 44.0 Å². The molecule has 1 atom stereocenters. The van der Waals surface area contributed by atoms with Crippen LogP contribution in [-0.4, -0.2) is 63.6 Å². The van der Waals surface area contributed by atoms with E-state index in [2.05, 4.69) is 25.3 Å². The van der Waals surface area contributed by atoms with Gasteiger partial charge in [-0.05, 0) is 47.7 Å². The Bertz CT molecular complexity index is 1150. The molecule has 1 fully saturated rings. The zero-order valence-corrected chi connectivity index (χ0v) is 19.4. The molecule has 0 N–H and O–H groups in total. The molecule has 0 spiro atoms. The third kappa shape index (κ3) is 5.31. The molecule has 0 saturated carbocycles. The molecule has 1 unspecified atom stereocenters. The fourth-order valence-corrected chi connectivity index (χ4v) is 4.44. The van der Waals surface area contributed by atoms with Crippen molar-refractivity contribution in [3.05, 3.63) is 69.5 Å². The van der Waals surface area contributed by atoms with Crippen molar-refractivity contribution in [2.75, 3.05) is 37.6 Å². The van der Waals surface area contributed by atoms with E-state index in [1.54, 1.807) is 13.0 Å². The first kappa shape index (κ1) is 23.5. The van der Waals surface area contributed by atoms with Crippen LogP contribution in [0.4, 0.5) is 14.5 Å². The summed E-state index contributed by atoms with van der Waals surface area (Å²) in [4.78, 5) is 17.2. The number of nitrogens with zero attached hydrogens (tertiary/aromatic N) is 6. The van der Waals surface area contributed by atoms with Gasteiger partial charge in [-0.15, -0.1) is 5.10 Å². The number of anilines is 1. The van der Waals surface area contributed by atoms with Gasteiger partial charge in [0.1, 0.15) is 17.7 Å². The maximum absolute atomic E-state index is 14.0. The number of tetrazole rings is 1. The van der Waals surface area contributed by atoms with Crippen LogP contribution in [0.2, 0.25) is 10.0 Å². The van der Waals surface area contributed by atoms with Crippen LogP contribution in [0.5, 0.6) is 0 Å². The minimum Gasteiger partial charge on any atom is -0.368 e. The van der Waals surface area contributed by atoms with Crippen molar-refractivity contribution >= 4 is 34.7 Å². The molecule has 0 aliphatic carbocycles. The van der Waals surface area contributed by atoms with Crippen molar-refractivity contribution in [3.63, 3.8) is 0 Å². The minimum absolute atomic E-state index is 0.192. The topological polar surface area (TPSA) is 67.2 Å². The van der Waals surface area contributed by atoms with Crippen molar-refractivity contribution in [3.8, 4) is 0 Å². The summed E-state index contributed by atoms with van der Waals surface area (Å²) in [5.74, 6) is -1.63. The fourth-order valence-electron chi connectivity index (χ4n) is 3.91. The second-order valence-electron chi connectivity index (χ2n) is 7.88. The summed E-state index contributed by atoms with van der Waals surface area (Å²) in [5, 5.41) is 12.9. The molecule has 1 aromatic heterocycles. The lowest BCUT2D eigenvalue weighted by Crippen LogP contribution is -2.47. The average Bonchev–Trinajstić information content (AvgIpc) is 3.26. The van der Waals surface area contributed by atoms with Gasteiger partial charge in [-0.25, -0.2) is 13.5 Å². The Labute approximate surface area is 199 Å². The van der Waals surface area contributed by atoms with Gasteiger partial charge >= 0.3 is 0 Å². The molecule has 174 valence electrons. The van der Waals surface area contributed by atoms with Gasteiger partial charge in [0, 0.05) is 50.2 Å². The van der Waals surface area contributed by atoms with Gasteiger partial charge in [0.05, 0.1) is 16.3 Å². The zero-order valence-electron chi connectivity index (χ0n) is 17.9. The molecule has 2 heterocycles. The van der Waals surface area contributed by atoms with Gasteiger partial charge in [0.2, 0.25) is 0 Å². The number of halogens is 4. The first-order valence-electron chi connectivity index (χ1n) is 10.5. The molecule has 4 rings (SSSR count). The van der Waals surface area contributed by atoms with Crippen LogP contribution in [-0.2, 0) is 6.42 Å².